The minimum absolute atomic E-state index is 0.0279. The normalized spacial score (nSPS) is 23.1. The molecule has 0 aromatic heterocycles. The van der Waals surface area contributed by atoms with E-state index in [1.54, 1.807) is 0 Å². The van der Waals surface area contributed by atoms with Crippen LogP contribution in [0.1, 0.15) is 61.0 Å². The van der Waals surface area contributed by atoms with Crippen molar-refractivity contribution in [3.05, 3.63) is 29.8 Å². The van der Waals surface area contributed by atoms with Crippen molar-refractivity contribution in [2.75, 3.05) is 39.4 Å². The molecule has 2 aliphatic rings. The van der Waals surface area contributed by atoms with Gasteiger partial charge < -0.3 is 84.4 Å². The second kappa shape index (κ2) is 29.6. The Hall–Kier alpha value is -7.99. The molecule has 75 heavy (non-hydrogen) atoms. The average molecular weight is 1070 g/mol. The molecule has 0 saturated carbocycles. The van der Waals surface area contributed by atoms with Gasteiger partial charge in [-0.15, -0.1) is 0 Å². The summed E-state index contributed by atoms with van der Waals surface area (Å²) in [6, 6.07) is 4.22. The number of ether oxygens (including phenoxy) is 11. The molecule has 0 radical (unpaired) electrons. The third-order valence-electron chi connectivity index (χ3n) is 9.98. The first-order valence-electron chi connectivity index (χ1n) is 22.7. The second-order valence-corrected chi connectivity index (χ2v) is 16.4. The third kappa shape index (κ3) is 21.6. The highest BCUT2D eigenvalue weighted by Crippen LogP contribution is 2.36. The Kier molecular flexibility index (Phi) is 24.2. The maximum Gasteiger partial charge on any atom is 0.303 e. The second-order valence-electron chi connectivity index (χ2n) is 16.4. The molecule has 0 spiro atoms. The van der Waals surface area contributed by atoms with Gasteiger partial charge in [0.05, 0.1) is 26.2 Å². The van der Waals surface area contributed by atoms with Crippen LogP contribution in [-0.4, -0.2) is 184 Å². The number of benzene rings is 1. The Morgan fingerprint density at radius 1 is 0.493 bits per heavy atom. The summed E-state index contributed by atoms with van der Waals surface area (Å²) in [5.41, 5.74) is 5.34. The lowest BCUT2D eigenvalue weighted by Gasteiger charge is -2.48. The van der Waals surface area contributed by atoms with Crippen molar-refractivity contribution in [3.8, 4) is 5.75 Å². The zero-order valence-electron chi connectivity index (χ0n) is 42.0. The predicted molar refractivity (Wildman–Crippen MR) is 243 cm³/mol. The molecule has 30 nitrogen and oxygen atoms in total. The molecule has 6 amide bonds. The van der Waals surface area contributed by atoms with Crippen molar-refractivity contribution in [2.45, 2.75) is 129 Å². The van der Waals surface area contributed by atoms with Gasteiger partial charge in [-0.05, 0) is 17.7 Å². The van der Waals surface area contributed by atoms with E-state index in [0.29, 0.717) is 5.56 Å². The summed E-state index contributed by atoms with van der Waals surface area (Å²) in [7, 11) is 0. The van der Waals surface area contributed by atoms with Crippen LogP contribution < -0.4 is 37.1 Å². The van der Waals surface area contributed by atoms with Crippen molar-refractivity contribution in [2.24, 2.45) is 5.73 Å². The number of hydrogen-bond donors (Lipinski definition) is 6. The van der Waals surface area contributed by atoms with E-state index in [9.17, 15) is 62.3 Å². The number of amides is 6. The van der Waals surface area contributed by atoms with Gasteiger partial charge in [-0.1, -0.05) is 12.1 Å². The molecule has 2 aliphatic heterocycles. The van der Waals surface area contributed by atoms with Crippen LogP contribution in [-0.2, 0) is 116 Å². The quantitative estimate of drug-likeness (QED) is 0.0398. The van der Waals surface area contributed by atoms with Gasteiger partial charge in [0.25, 0.3) is 0 Å². The van der Waals surface area contributed by atoms with Crippen LogP contribution in [0.4, 0.5) is 0 Å². The number of hydrogen-bond acceptors (Lipinski definition) is 24. The topological polar surface area (TPSA) is 410 Å². The molecule has 0 bridgehead atoms. The number of carbonyl (C=O) groups excluding carboxylic acids is 13. The van der Waals surface area contributed by atoms with Crippen LogP contribution in [0.2, 0.25) is 0 Å². The summed E-state index contributed by atoms with van der Waals surface area (Å²) < 4.78 is 63.0. The molecule has 1 aromatic carbocycles. The average Bonchev–Trinajstić information content (AvgIpc) is 3.30. The fourth-order valence-corrected chi connectivity index (χ4v) is 7.08. The van der Waals surface area contributed by atoms with Crippen LogP contribution in [0, 0.1) is 0 Å². The Morgan fingerprint density at radius 2 is 0.920 bits per heavy atom. The molecule has 30 heteroatoms. The standard InChI is InChI=1S/C45H60N6O24/c1-20(52)47-17-36(63)51-30(43(64)50-16-35(62)49-15-34(61)48-14-33(46)60)13-28-9-11-29(12-10-28)72-44-41(70-26(7)58)40(69-25(6)57)38(32(73-44)19-66-22(3)54)75-45-42(71-27(8)59)39(68-24(5)56)37(67-23(4)55)31(74-45)18-65-21(2)53/h9-12,30-32,37-42,44-45H,13-19H2,1-8H3,(H2,46,60)(H,47,52)(H,48,61)(H,49,62)(H,50,64)(H,51,63)/t30-,31+,32+,37-,38+,39-,40-,41+,42+,44+,45-/m0/s1. The molecular formula is C45H60N6O24. The molecule has 0 unspecified atom stereocenters. The van der Waals surface area contributed by atoms with E-state index in [1.807, 2.05) is 0 Å². The highest BCUT2D eigenvalue weighted by molar-refractivity contribution is 5.93. The Bertz CT molecular complexity index is 2280. The first-order valence-corrected chi connectivity index (χ1v) is 22.7. The Labute approximate surface area is 427 Å². The molecule has 3 rings (SSSR count). The number of carbonyl (C=O) groups is 13. The summed E-state index contributed by atoms with van der Waals surface area (Å²) in [6.45, 7) is 4.70. The summed E-state index contributed by atoms with van der Waals surface area (Å²) in [4.78, 5) is 160. The van der Waals surface area contributed by atoms with Crippen LogP contribution in [0.5, 0.6) is 5.75 Å². The summed E-state index contributed by atoms with van der Waals surface area (Å²) >= 11 is 0. The van der Waals surface area contributed by atoms with Gasteiger partial charge >= 0.3 is 41.8 Å². The van der Waals surface area contributed by atoms with Crippen LogP contribution in [0.15, 0.2) is 24.3 Å². The maximum atomic E-state index is 13.4. The van der Waals surface area contributed by atoms with Gasteiger partial charge in [0.2, 0.25) is 47.8 Å². The van der Waals surface area contributed by atoms with Crippen molar-refractivity contribution >= 4 is 77.2 Å². The van der Waals surface area contributed by atoms with Crippen molar-refractivity contribution in [3.63, 3.8) is 0 Å². The lowest BCUT2D eigenvalue weighted by Crippen LogP contribution is -2.67. The highest BCUT2D eigenvalue weighted by Gasteiger charge is 2.58. The first-order chi connectivity index (χ1) is 35.2. The molecule has 11 atom stereocenters. The van der Waals surface area contributed by atoms with Gasteiger partial charge in [-0.25, -0.2) is 0 Å². The Morgan fingerprint density at radius 3 is 1.41 bits per heavy atom. The molecule has 1 aromatic rings. The van der Waals surface area contributed by atoms with E-state index in [1.165, 1.54) is 24.3 Å². The zero-order valence-corrected chi connectivity index (χ0v) is 42.0. The van der Waals surface area contributed by atoms with Gasteiger partial charge in [-0.3, -0.25) is 62.3 Å². The van der Waals surface area contributed by atoms with Crippen molar-refractivity contribution < 1.29 is 114 Å². The van der Waals surface area contributed by atoms with E-state index in [-0.39, 0.29) is 12.2 Å². The fourth-order valence-electron chi connectivity index (χ4n) is 7.08. The number of nitrogens with two attached hydrogens (primary N) is 1. The smallest absolute Gasteiger partial charge is 0.303 e. The van der Waals surface area contributed by atoms with Gasteiger partial charge in [0.1, 0.15) is 43.3 Å². The number of rotatable bonds is 25. The summed E-state index contributed by atoms with van der Waals surface area (Å²) in [5, 5.41) is 11.5. The number of esters is 7. The van der Waals surface area contributed by atoms with Gasteiger partial charge in [0.15, 0.2) is 30.7 Å². The van der Waals surface area contributed by atoms with Crippen LogP contribution in [0.3, 0.4) is 0 Å². The zero-order chi connectivity index (χ0) is 56.1. The number of nitrogens with one attached hydrogen (secondary N) is 5. The molecule has 0 aliphatic carbocycles. The largest absolute Gasteiger partial charge is 0.463 e. The summed E-state index contributed by atoms with van der Waals surface area (Å²) in [6.07, 6.45) is -17.4. The minimum Gasteiger partial charge on any atom is -0.463 e. The lowest BCUT2D eigenvalue weighted by molar-refractivity contribution is -0.354. The van der Waals surface area contributed by atoms with E-state index in [0.717, 1.165) is 55.4 Å². The fraction of sp³-hybridized carbons (Fsp3) is 0.578. The van der Waals surface area contributed by atoms with Crippen molar-refractivity contribution in [1.82, 2.24) is 26.6 Å². The van der Waals surface area contributed by atoms with Crippen LogP contribution in [0.25, 0.3) is 0 Å². The van der Waals surface area contributed by atoms with Gasteiger partial charge in [0, 0.05) is 61.8 Å². The Balaban J connectivity index is 2.01. The molecular weight excluding hydrogens is 1010 g/mol. The molecule has 2 fully saturated rings. The molecule has 2 saturated heterocycles. The highest BCUT2D eigenvalue weighted by atomic mass is 16.8. The van der Waals surface area contributed by atoms with E-state index in [4.69, 9.17) is 57.8 Å². The van der Waals surface area contributed by atoms with Crippen molar-refractivity contribution in [1.29, 1.82) is 0 Å². The summed E-state index contributed by atoms with van der Waals surface area (Å²) in [5.74, 6) is -11.1. The third-order valence-corrected chi connectivity index (χ3v) is 9.98. The van der Waals surface area contributed by atoms with E-state index < -0.39 is 184 Å². The molecule has 414 valence electrons. The molecule has 7 N–H and O–H groups in total. The maximum absolute atomic E-state index is 13.4. The lowest BCUT2D eigenvalue weighted by atomic mass is 9.96. The van der Waals surface area contributed by atoms with E-state index in [2.05, 4.69) is 26.6 Å². The first kappa shape index (κ1) is 61.3. The van der Waals surface area contributed by atoms with Crippen LogP contribution >= 0.6 is 0 Å². The number of primary amides is 1. The SMILES string of the molecule is CC(=O)NCC(=O)N[C@@H](Cc1ccc(O[C@@H]2O[C@H](COC(C)=O)[C@@H](O[C@@H]3O[C@H](COC(C)=O)[C@H](OC(C)=O)[C@H](OC(C)=O)[C@H]3OC(C)=O)[C@H](OC(C)=O)[C@H]2OC(C)=O)cc1)C(=O)NCC(=O)NCC(=O)NCC(N)=O. The predicted octanol–water partition coefficient (Wildman–Crippen LogP) is -4.32. The van der Waals surface area contributed by atoms with Gasteiger partial charge in [-0.2, -0.15) is 0 Å². The monoisotopic (exact) mass is 1070 g/mol. The van der Waals surface area contributed by atoms with E-state index >= 15 is 0 Å². The minimum atomic E-state index is -1.92. The molecule has 2 heterocycles.